The van der Waals surface area contributed by atoms with Gasteiger partial charge in [-0.2, -0.15) is 0 Å². The van der Waals surface area contributed by atoms with Crippen molar-refractivity contribution in [3.63, 3.8) is 0 Å². The van der Waals surface area contributed by atoms with E-state index in [-0.39, 0.29) is 0 Å². The normalized spacial score (nSPS) is 8.45. The summed E-state index contributed by atoms with van der Waals surface area (Å²) in [5.74, 6) is 6.01. The first-order chi connectivity index (χ1) is 5.33. The topological polar surface area (TPSA) is 51.8 Å². The molecule has 56 valence electrons. The third-order valence-electron chi connectivity index (χ3n) is 0.955. The van der Waals surface area contributed by atoms with Crippen LogP contribution in [-0.4, -0.2) is 15.3 Å². The van der Waals surface area contributed by atoms with Crippen LogP contribution in [0.5, 0.6) is 0 Å². The summed E-state index contributed by atoms with van der Waals surface area (Å²) in [7, 11) is 0. The van der Waals surface area contributed by atoms with Gasteiger partial charge in [-0.1, -0.05) is 21.9 Å². The van der Waals surface area contributed by atoms with E-state index in [9.17, 15) is 0 Å². The number of alkyl halides is 1. The van der Waals surface area contributed by atoms with E-state index >= 15 is 0 Å². The zero-order valence-electron chi connectivity index (χ0n) is 5.71. The van der Waals surface area contributed by atoms with Crippen molar-refractivity contribution in [1.82, 2.24) is 9.97 Å². The molecule has 4 heteroatoms. The summed E-state index contributed by atoms with van der Waals surface area (Å²) in [5, 5.41) is 0.638. The molecule has 0 aliphatic rings. The summed E-state index contributed by atoms with van der Waals surface area (Å²) in [5.41, 5.74) is 5.96. The molecule has 0 aliphatic carbocycles. The Labute approximate surface area is 73.2 Å². The highest BCUT2D eigenvalue weighted by Crippen LogP contribution is 1.93. The molecule has 0 saturated carbocycles. The van der Waals surface area contributed by atoms with Crippen molar-refractivity contribution in [3.05, 3.63) is 18.1 Å². The lowest BCUT2D eigenvalue weighted by Crippen LogP contribution is -1.92. The van der Waals surface area contributed by atoms with Gasteiger partial charge >= 0.3 is 0 Å². The van der Waals surface area contributed by atoms with Crippen LogP contribution in [0.15, 0.2) is 12.4 Å². The molecule has 11 heavy (non-hydrogen) atoms. The molecule has 1 heterocycles. The lowest BCUT2D eigenvalue weighted by atomic mass is 10.4. The van der Waals surface area contributed by atoms with Crippen molar-refractivity contribution < 1.29 is 0 Å². The van der Waals surface area contributed by atoms with E-state index in [2.05, 4.69) is 37.7 Å². The number of hydrogen-bond donors (Lipinski definition) is 1. The molecule has 3 nitrogen and oxygen atoms in total. The molecule has 1 rings (SSSR count). The maximum atomic E-state index is 5.32. The van der Waals surface area contributed by atoms with Gasteiger partial charge in [-0.3, -0.25) is 0 Å². The second-order valence-electron chi connectivity index (χ2n) is 1.76. The van der Waals surface area contributed by atoms with Crippen LogP contribution in [0.1, 0.15) is 5.69 Å². The van der Waals surface area contributed by atoms with Gasteiger partial charge in [0.2, 0.25) is 0 Å². The van der Waals surface area contributed by atoms with Gasteiger partial charge in [-0.05, 0) is 5.92 Å². The summed E-state index contributed by atoms with van der Waals surface area (Å²) in [6.45, 7) is 0. The zero-order chi connectivity index (χ0) is 8.10. The number of nitrogens with zero attached hydrogens (tertiary/aromatic N) is 2. The van der Waals surface area contributed by atoms with Gasteiger partial charge in [0, 0.05) is 0 Å². The summed E-state index contributed by atoms with van der Waals surface area (Å²) >= 11 is 3.17. The number of rotatable bonds is 0. The molecule has 0 unspecified atom stereocenters. The van der Waals surface area contributed by atoms with Gasteiger partial charge in [0.15, 0.2) is 0 Å². The van der Waals surface area contributed by atoms with Crippen LogP contribution in [0.2, 0.25) is 0 Å². The number of nitrogens with two attached hydrogens (primary N) is 1. The fourth-order valence-corrected chi connectivity index (χ4v) is 0.667. The molecular weight excluding hydrogens is 206 g/mol. The minimum Gasteiger partial charge on any atom is -0.382 e. The Morgan fingerprint density at radius 2 is 2.27 bits per heavy atom. The lowest BCUT2D eigenvalue weighted by molar-refractivity contribution is 1.18. The maximum Gasteiger partial charge on any atom is 0.141 e. The van der Waals surface area contributed by atoms with Crippen LogP contribution in [0.3, 0.4) is 0 Å². The summed E-state index contributed by atoms with van der Waals surface area (Å²) in [6.07, 6.45) is 3.03. The minimum absolute atomic E-state index is 0.411. The van der Waals surface area contributed by atoms with Crippen LogP contribution in [-0.2, 0) is 0 Å². The number of hydrogen-bond acceptors (Lipinski definition) is 3. The van der Waals surface area contributed by atoms with Crippen molar-refractivity contribution in [2.75, 3.05) is 11.1 Å². The van der Waals surface area contributed by atoms with Crippen LogP contribution in [0, 0.1) is 11.8 Å². The van der Waals surface area contributed by atoms with Crippen molar-refractivity contribution in [2.24, 2.45) is 0 Å². The Hall–Kier alpha value is -1.08. The summed E-state index contributed by atoms with van der Waals surface area (Å²) in [6, 6.07) is 0. The molecule has 2 N–H and O–H groups in total. The van der Waals surface area contributed by atoms with E-state index in [1.165, 1.54) is 6.20 Å². The fourth-order valence-electron chi connectivity index (χ4n) is 0.527. The first-order valence-electron chi connectivity index (χ1n) is 2.95. The van der Waals surface area contributed by atoms with E-state index in [0.717, 1.165) is 0 Å². The minimum atomic E-state index is 0.411. The van der Waals surface area contributed by atoms with Crippen molar-refractivity contribution >= 4 is 21.7 Å². The first-order valence-corrected chi connectivity index (χ1v) is 4.07. The Morgan fingerprint density at radius 1 is 1.45 bits per heavy atom. The highest BCUT2D eigenvalue weighted by molar-refractivity contribution is 9.09. The smallest absolute Gasteiger partial charge is 0.141 e. The lowest BCUT2D eigenvalue weighted by Gasteiger charge is -1.89. The molecule has 0 spiro atoms. The number of halogens is 1. The average molecular weight is 212 g/mol. The van der Waals surface area contributed by atoms with E-state index in [4.69, 9.17) is 5.73 Å². The Balaban J connectivity index is 2.82. The fraction of sp³-hybridized carbons (Fsp3) is 0.143. The van der Waals surface area contributed by atoms with Gasteiger partial charge in [0.1, 0.15) is 11.5 Å². The molecule has 0 amide bonds. The zero-order valence-corrected chi connectivity index (χ0v) is 7.30. The average Bonchev–Trinajstić information content (AvgIpc) is 2.04. The van der Waals surface area contributed by atoms with E-state index in [1.54, 1.807) is 6.20 Å². The van der Waals surface area contributed by atoms with Crippen LogP contribution >= 0.6 is 15.9 Å². The number of nitrogen functional groups attached to an aromatic ring is 1. The second-order valence-corrected chi connectivity index (χ2v) is 2.32. The molecule has 0 atom stereocenters. The van der Waals surface area contributed by atoms with Crippen molar-refractivity contribution in [1.29, 1.82) is 0 Å². The molecule has 0 radical (unpaired) electrons. The van der Waals surface area contributed by atoms with Crippen molar-refractivity contribution in [3.8, 4) is 11.8 Å². The van der Waals surface area contributed by atoms with Gasteiger partial charge < -0.3 is 5.73 Å². The molecule has 1 aromatic heterocycles. The third-order valence-corrected chi connectivity index (χ3v) is 1.24. The maximum absolute atomic E-state index is 5.32. The van der Waals surface area contributed by atoms with E-state index < -0.39 is 0 Å². The van der Waals surface area contributed by atoms with E-state index in [0.29, 0.717) is 16.8 Å². The van der Waals surface area contributed by atoms with Crippen LogP contribution < -0.4 is 5.73 Å². The summed E-state index contributed by atoms with van der Waals surface area (Å²) in [4.78, 5) is 7.76. The molecule has 0 aliphatic heterocycles. The Morgan fingerprint density at radius 3 is 2.82 bits per heavy atom. The largest absolute Gasteiger partial charge is 0.382 e. The van der Waals surface area contributed by atoms with Gasteiger partial charge in [0.05, 0.1) is 17.7 Å². The first kappa shape index (κ1) is 8.02. The van der Waals surface area contributed by atoms with Crippen LogP contribution in [0.4, 0.5) is 5.82 Å². The monoisotopic (exact) mass is 211 g/mol. The van der Waals surface area contributed by atoms with Gasteiger partial charge in [-0.25, -0.2) is 9.97 Å². The predicted molar refractivity (Wildman–Crippen MR) is 47.1 cm³/mol. The Kier molecular flexibility index (Phi) is 2.87. The Bertz CT molecular complexity index is 283. The van der Waals surface area contributed by atoms with E-state index in [1.807, 2.05) is 0 Å². The highest BCUT2D eigenvalue weighted by atomic mass is 79.9. The molecule has 0 bridgehead atoms. The van der Waals surface area contributed by atoms with Gasteiger partial charge in [0.25, 0.3) is 0 Å². The third kappa shape index (κ3) is 2.56. The van der Waals surface area contributed by atoms with Crippen molar-refractivity contribution in [2.45, 2.75) is 0 Å². The van der Waals surface area contributed by atoms with Gasteiger partial charge in [-0.15, -0.1) is 0 Å². The summed E-state index contributed by atoms with van der Waals surface area (Å²) < 4.78 is 0. The molecule has 1 aromatic rings. The highest BCUT2D eigenvalue weighted by Gasteiger charge is 1.87. The number of anilines is 1. The quantitative estimate of drug-likeness (QED) is 0.511. The standard InChI is InChI=1S/C7H6BrN3/c8-3-1-2-6-4-11-7(9)5-10-6/h4-5H,3H2,(H2,9,11). The SMILES string of the molecule is Nc1cnc(C#CCBr)cn1. The predicted octanol–water partition coefficient (Wildman–Crippen LogP) is 0.805. The molecule has 0 fully saturated rings. The second kappa shape index (κ2) is 3.94. The molecule has 0 aromatic carbocycles. The molecular formula is C7H6BrN3. The van der Waals surface area contributed by atoms with Crippen LogP contribution in [0.25, 0.3) is 0 Å². The number of aromatic nitrogens is 2. The molecule has 0 saturated heterocycles.